The van der Waals surface area contributed by atoms with Gasteiger partial charge in [-0.15, -0.1) is 10.2 Å². The Morgan fingerprint density at radius 2 is 2.05 bits per heavy atom. The van der Waals surface area contributed by atoms with E-state index in [4.69, 9.17) is 0 Å². The molecule has 0 bridgehead atoms. The van der Waals surface area contributed by atoms with Crippen LogP contribution in [-0.4, -0.2) is 26.4 Å². The first kappa shape index (κ1) is 14.3. The van der Waals surface area contributed by atoms with Gasteiger partial charge in [0.1, 0.15) is 5.82 Å². The van der Waals surface area contributed by atoms with Crippen LogP contribution in [0.4, 0.5) is 19.0 Å². The van der Waals surface area contributed by atoms with Crippen LogP contribution in [0, 0.1) is 6.92 Å². The van der Waals surface area contributed by atoms with E-state index in [9.17, 15) is 13.2 Å². The number of nitrogens with one attached hydrogen (secondary N) is 2. The predicted molar refractivity (Wildman–Crippen MR) is 67.1 cm³/mol. The molecular formula is C12H14F3N5. The second-order valence-corrected chi connectivity index (χ2v) is 4.59. The van der Waals surface area contributed by atoms with Crippen LogP contribution in [0.15, 0.2) is 18.2 Å². The zero-order valence-electron chi connectivity index (χ0n) is 11.0. The molecule has 0 radical (unpaired) electrons. The van der Waals surface area contributed by atoms with Crippen LogP contribution in [0.2, 0.25) is 0 Å². The van der Waals surface area contributed by atoms with Crippen LogP contribution in [-0.2, 0) is 12.6 Å². The minimum absolute atomic E-state index is 0.0243. The Hall–Kier alpha value is -2.12. The Kier molecular flexibility index (Phi) is 3.91. The molecule has 2 N–H and O–H groups in total. The first-order chi connectivity index (χ1) is 9.34. The number of aryl methyl sites for hydroxylation is 1. The molecule has 2 heterocycles. The zero-order valence-corrected chi connectivity index (χ0v) is 11.0. The number of anilines is 1. The van der Waals surface area contributed by atoms with Crippen molar-refractivity contribution >= 4 is 5.82 Å². The van der Waals surface area contributed by atoms with Crippen molar-refractivity contribution in [2.75, 3.05) is 5.32 Å². The molecular weight excluding hydrogens is 271 g/mol. The molecule has 0 amide bonds. The number of aromatic nitrogens is 4. The fourth-order valence-corrected chi connectivity index (χ4v) is 1.76. The zero-order chi connectivity index (χ0) is 14.8. The number of hydrogen-bond acceptors (Lipinski definition) is 4. The van der Waals surface area contributed by atoms with Gasteiger partial charge in [-0.3, -0.25) is 5.10 Å². The lowest BCUT2D eigenvalue weighted by Gasteiger charge is -2.13. The highest BCUT2D eigenvalue weighted by Gasteiger charge is 2.32. The van der Waals surface area contributed by atoms with Gasteiger partial charge in [-0.25, -0.2) is 0 Å². The van der Waals surface area contributed by atoms with Gasteiger partial charge < -0.3 is 5.32 Å². The molecule has 0 fully saturated rings. The van der Waals surface area contributed by atoms with Gasteiger partial charge in [-0.2, -0.15) is 18.3 Å². The van der Waals surface area contributed by atoms with Crippen molar-refractivity contribution in [3.8, 4) is 0 Å². The third-order valence-electron chi connectivity index (χ3n) is 2.62. The fourth-order valence-electron chi connectivity index (χ4n) is 1.76. The summed E-state index contributed by atoms with van der Waals surface area (Å²) in [5.41, 5.74) is 0.836. The summed E-state index contributed by atoms with van der Waals surface area (Å²) in [7, 11) is 0. The maximum atomic E-state index is 12.3. The van der Waals surface area contributed by atoms with Crippen molar-refractivity contribution < 1.29 is 13.2 Å². The Morgan fingerprint density at radius 1 is 1.30 bits per heavy atom. The molecule has 1 unspecified atom stereocenters. The van der Waals surface area contributed by atoms with Crippen molar-refractivity contribution in [1.82, 2.24) is 20.4 Å². The summed E-state index contributed by atoms with van der Waals surface area (Å²) in [6, 6.07) is 4.06. The monoisotopic (exact) mass is 285 g/mol. The van der Waals surface area contributed by atoms with Crippen LogP contribution >= 0.6 is 0 Å². The molecule has 0 saturated carbocycles. The third-order valence-corrected chi connectivity index (χ3v) is 2.62. The molecule has 0 saturated heterocycles. The Bertz CT molecular complexity index is 561. The van der Waals surface area contributed by atoms with E-state index in [0.717, 1.165) is 17.5 Å². The molecule has 20 heavy (non-hydrogen) atoms. The summed E-state index contributed by atoms with van der Waals surface area (Å²) in [6.45, 7) is 3.79. The molecule has 0 aliphatic rings. The van der Waals surface area contributed by atoms with Gasteiger partial charge in [0.25, 0.3) is 0 Å². The number of aromatic amines is 1. The second kappa shape index (κ2) is 5.48. The molecule has 0 aliphatic heterocycles. The van der Waals surface area contributed by atoms with E-state index in [1.807, 2.05) is 19.9 Å². The summed E-state index contributed by atoms with van der Waals surface area (Å²) < 4.78 is 37.0. The van der Waals surface area contributed by atoms with Crippen LogP contribution in [0.25, 0.3) is 0 Å². The summed E-state index contributed by atoms with van der Waals surface area (Å²) >= 11 is 0. The summed E-state index contributed by atoms with van der Waals surface area (Å²) in [4.78, 5) is 0. The van der Waals surface area contributed by atoms with E-state index < -0.39 is 11.9 Å². The Labute approximate surface area is 113 Å². The third kappa shape index (κ3) is 3.69. The number of halogens is 3. The molecule has 2 rings (SSSR count). The molecule has 108 valence electrons. The SMILES string of the molecule is Cc1cc(CC(C)Nc2ccc(C(F)(F)F)nn2)n[nH]1. The van der Waals surface area contributed by atoms with Crippen molar-refractivity contribution in [2.24, 2.45) is 0 Å². The van der Waals surface area contributed by atoms with Crippen molar-refractivity contribution in [3.63, 3.8) is 0 Å². The molecule has 1 atom stereocenters. The summed E-state index contributed by atoms with van der Waals surface area (Å²) in [6.07, 6.45) is -3.84. The molecule has 0 spiro atoms. The normalized spacial score (nSPS) is 13.2. The van der Waals surface area contributed by atoms with Crippen molar-refractivity contribution in [3.05, 3.63) is 35.3 Å². The van der Waals surface area contributed by atoms with Gasteiger partial charge >= 0.3 is 6.18 Å². The van der Waals surface area contributed by atoms with Gasteiger partial charge in [-0.1, -0.05) is 0 Å². The first-order valence-corrected chi connectivity index (χ1v) is 6.03. The van der Waals surface area contributed by atoms with E-state index >= 15 is 0 Å². The smallest absolute Gasteiger partial charge is 0.366 e. The van der Waals surface area contributed by atoms with Crippen LogP contribution in [0.1, 0.15) is 24.0 Å². The fraction of sp³-hybridized carbons (Fsp3) is 0.417. The maximum Gasteiger partial charge on any atom is 0.435 e. The van der Waals surface area contributed by atoms with Gasteiger partial charge in [0.2, 0.25) is 0 Å². The van der Waals surface area contributed by atoms with Crippen LogP contribution in [0.5, 0.6) is 0 Å². The van der Waals surface area contributed by atoms with Gasteiger partial charge in [0.05, 0.1) is 5.69 Å². The lowest BCUT2D eigenvalue weighted by Crippen LogP contribution is -2.20. The number of hydrogen-bond donors (Lipinski definition) is 2. The Balaban J connectivity index is 1.96. The number of H-pyrrole nitrogens is 1. The highest BCUT2D eigenvalue weighted by atomic mass is 19.4. The number of nitrogens with zero attached hydrogens (tertiary/aromatic N) is 3. The highest BCUT2D eigenvalue weighted by Crippen LogP contribution is 2.27. The minimum Gasteiger partial charge on any atom is -0.366 e. The second-order valence-electron chi connectivity index (χ2n) is 4.59. The van der Waals surface area contributed by atoms with Gasteiger partial charge in [0.15, 0.2) is 5.69 Å². The van der Waals surface area contributed by atoms with Gasteiger partial charge in [-0.05, 0) is 32.0 Å². The molecule has 8 heteroatoms. The Morgan fingerprint density at radius 3 is 2.55 bits per heavy atom. The number of rotatable bonds is 4. The van der Waals surface area contributed by atoms with E-state index in [1.54, 1.807) is 0 Å². The molecule has 0 aliphatic carbocycles. The van der Waals surface area contributed by atoms with Crippen molar-refractivity contribution in [1.29, 1.82) is 0 Å². The van der Waals surface area contributed by atoms with Gasteiger partial charge in [0, 0.05) is 18.2 Å². The maximum absolute atomic E-state index is 12.3. The standard InChI is InChI=1S/C12H14F3N5/c1-7(5-9-6-8(2)17-18-9)16-11-4-3-10(19-20-11)12(13,14)15/h3-4,6-7H,5H2,1-2H3,(H,16,20)(H,17,18). The predicted octanol–water partition coefficient (Wildman–Crippen LogP) is 2.57. The van der Waals surface area contributed by atoms with E-state index in [2.05, 4.69) is 25.7 Å². The average Bonchev–Trinajstić information content (AvgIpc) is 2.74. The molecule has 5 nitrogen and oxygen atoms in total. The average molecular weight is 285 g/mol. The topological polar surface area (TPSA) is 66.5 Å². The molecule has 2 aromatic rings. The van der Waals surface area contributed by atoms with Crippen LogP contribution in [0.3, 0.4) is 0 Å². The lowest BCUT2D eigenvalue weighted by atomic mass is 10.2. The molecule has 2 aromatic heterocycles. The van der Waals surface area contributed by atoms with E-state index in [-0.39, 0.29) is 6.04 Å². The van der Waals surface area contributed by atoms with E-state index in [1.165, 1.54) is 6.07 Å². The lowest BCUT2D eigenvalue weighted by molar-refractivity contribution is -0.141. The van der Waals surface area contributed by atoms with E-state index in [0.29, 0.717) is 12.2 Å². The number of alkyl halides is 3. The summed E-state index contributed by atoms with van der Waals surface area (Å²) in [5, 5.41) is 16.6. The largest absolute Gasteiger partial charge is 0.435 e. The van der Waals surface area contributed by atoms with Crippen molar-refractivity contribution in [2.45, 2.75) is 32.5 Å². The quantitative estimate of drug-likeness (QED) is 0.906. The molecule has 0 aromatic carbocycles. The summed E-state index contributed by atoms with van der Waals surface area (Å²) in [5.74, 6) is 0.303. The highest BCUT2D eigenvalue weighted by molar-refractivity contribution is 5.34. The first-order valence-electron chi connectivity index (χ1n) is 6.03. The van der Waals surface area contributed by atoms with Crippen LogP contribution < -0.4 is 5.32 Å². The minimum atomic E-state index is -4.47.